The zero-order chi connectivity index (χ0) is 16.8. The number of amides is 1. The van der Waals surface area contributed by atoms with Crippen LogP contribution in [0.5, 0.6) is 0 Å². The number of anilines is 1. The lowest BCUT2D eigenvalue weighted by Gasteiger charge is -2.25. The van der Waals surface area contributed by atoms with Gasteiger partial charge in [0.25, 0.3) is 0 Å². The van der Waals surface area contributed by atoms with Crippen molar-refractivity contribution in [3.63, 3.8) is 0 Å². The topological polar surface area (TPSA) is 51.0 Å². The third-order valence-electron chi connectivity index (χ3n) is 4.82. The Hall–Kier alpha value is -1.82. The lowest BCUT2D eigenvalue weighted by atomic mass is 10.1. The van der Waals surface area contributed by atoms with E-state index in [-0.39, 0.29) is 17.2 Å². The lowest BCUT2D eigenvalue weighted by Crippen LogP contribution is -2.40. The summed E-state index contributed by atoms with van der Waals surface area (Å²) in [5, 5.41) is 9.19. The normalized spacial score (nSPS) is 21.0. The molecule has 5 nitrogen and oxygen atoms in total. The molecule has 4 rings (SSSR count). The van der Waals surface area contributed by atoms with Gasteiger partial charge in [0.1, 0.15) is 5.82 Å². The Balaban J connectivity index is 1.55. The maximum atomic E-state index is 13.1. The minimum atomic E-state index is -0.181. The number of benzene rings is 1. The number of nitrogens with zero attached hydrogens (tertiary/aromatic N) is 4. The molecule has 1 amide bonds. The zero-order valence-electron chi connectivity index (χ0n) is 14.3. The molecule has 0 bridgehead atoms. The first kappa shape index (κ1) is 15.7. The van der Waals surface area contributed by atoms with E-state index in [0.717, 1.165) is 23.1 Å². The van der Waals surface area contributed by atoms with E-state index >= 15 is 0 Å². The molecule has 2 atom stereocenters. The van der Waals surface area contributed by atoms with Crippen molar-refractivity contribution in [1.29, 1.82) is 0 Å². The number of aryl methyl sites for hydroxylation is 1. The molecule has 0 radical (unpaired) electrons. The highest BCUT2D eigenvalue weighted by molar-refractivity contribution is 8.00. The van der Waals surface area contributed by atoms with Crippen LogP contribution in [-0.2, 0) is 11.2 Å². The molecule has 24 heavy (non-hydrogen) atoms. The van der Waals surface area contributed by atoms with Gasteiger partial charge in [-0.05, 0) is 51.7 Å². The first-order chi connectivity index (χ1) is 11.6. The van der Waals surface area contributed by atoms with Crippen molar-refractivity contribution in [2.45, 2.75) is 62.5 Å². The van der Waals surface area contributed by atoms with Gasteiger partial charge in [-0.25, -0.2) is 0 Å². The van der Waals surface area contributed by atoms with Gasteiger partial charge < -0.3 is 9.47 Å². The van der Waals surface area contributed by atoms with Gasteiger partial charge in [0.15, 0.2) is 5.16 Å². The van der Waals surface area contributed by atoms with Gasteiger partial charge in [0, 0.05) is 17.8 Å². The second-order valence-corrected chi connectivity index (χ2v) is 8.09. The van der Waals surface area contributed by atoms with E-state index in [1.54, 1.807) is 0 Å². The van der Waals surface area contributed by atoms with Gasteiger partial charge in [-0.15, -0.1) is 10.2 Å². The summed E-state index contributed by atoms with van der Waals surface area (Å²) in [5.41, 5.74) is 2.31. The highest BCUT2D eigenvalue weighted by Crippen LogP contribution is 2.40. The fourth-order valence-electron chi connectivity index (χ4n) is 3.49. The molecule has 1 aromatic carbocycles. The molecular formula is C18H22N4OS. The molecule has 2 heterocycles. The van der Waals surface area contributed by atoms with Gasteiger partial charge in [-0.3, -0.25) is 4.79 Å². The molecule has 1 aliphatic carbocycles. The van der Waals surface area contributed by atoms with E-state index in [0.29, 0.717) is 6.04 Å². The average Bonchev–Trinajstić information content (AvgIpc) is 3.24. The SMILES string of the molecule is Cc1nnc(S[C@H](C)C(=O)N2c3ccccc3C[C@H]2C)n1C1CC1. The van der Waals surface area contributed by atoms with E-state index in [2.05, 4.69) is 27.8 Å². The van der Waals surface area contributed by atoms with Crippen molar-refractivity contribution < 1.29 is 4.79 Å². The van der Waals surface area contributed by atoms with Crippen LogP contribution in [0.3, 0.4) is 0 Å². The number of carbonyl (C=O) groups excluding carboxylic acids is 1. The van der Waals surface area contributed by atoms with E-state index in [4.69, 9.17) is 0 Å². The number of aromatic nitrogens is 3. The largest absolute Gasteiger partial charge is 0.308 e. The van der Waals surface area contributed by atoms with Crippen LogP contribution < -0.4 is 4.90 Å². The molecule has 2 aliphatic rings. The summed E-state index contributed by atoms with van der Waals surface area (Å²) < 4.78 is 2.19. The summed E-state index contributed by atoms with van der Waals surface area (Å²) in [6.45, 7) is 6.08. The Morgan fingerprint density at radius 2 is 2.04 bits per heavy atom. The summed E-state index contributed by atoms with van der Waals surface area (Å²) in [6, 6.07) is 8.94. The third kappa shape index (κ3) is 2.62. The summed E-state index contributed by atoms with van der Waals surface area (Å²) in [6.07, 6.45) is 3.30. The Morgan fingerprint density at radius 1 is 1.29 bits per heavy atom. The van der Waals surface area contributed by atoms with E-state index in [1.807, 2.05) is 36.9 Å². The van der Waals surface area contributed by atoms with Crippen molar-refractivity contribution in [2.75, 3.05) is 4.90 Å². The summed E-state index contributed by atoms with van der Waals surface area (Å²) >= 11 is 1.53. The molecule has 0 unspecified atom stereocenters. The van der Waals surface area contributed by atoms with Crippen LogP contribution in [0.25, 0.3) is 0 Å². The van der Waals surface area contributed by atoms with Gasteiger partial charge >= 0.3 is 0 Å². The monoisotopic (exact) mass is 342 g/mol. The van der Waals surface area contributed by atoms with E-state index in [9.17, 15) is 4.79 Å². The maximum absolute atomic E-state index is 13.1. The standard InChI is InChI=1S/C18H22N4OS/c1-11-10-14-6-4-5-7-16(14)21(11)17(23)12(2)24-18-20-19-13(3)22(18)15-8-9-15/h4-7,11-12,15H,8-10H2,1-3H3/t11-,12-/m1/s1. The van der Waals surface area contributed by atoms with Crippen molar-refractivity contribution in [3.8, 4) is 0 Å². The number of para-hydroxylation sites is 1. The molecule has 6 heteroatoms. The van der Waals surface area contributed by atoms with Crippen molar-refractivity contribution in [2.24, 2.45) is 0 Å². The first-order valence-electron chi connectivity index (χ1n) is 8.55. The van der Waals surface area contributed by atoms with Crippen LogP contribution in [0.2, 0.25) is 0 Å². The zero-order valence-corrected chi connectivity index (χ0v) is 15.1. The second kappa shape index (κ2) is 5.92. The van der Waals surface area contributed by atoms with Crippen LogP contribution in [0.1, 0.15) is 44.1 Å². The van der Waals surface area contributed by atoms with Crippen LogP contribution in [0.15, 0.2) is 29.4 Å². The fourth-order valence-corrected chi connectivity index (χ4v) is 4.50. The highest BCUT2D eigenvalue weighted by Gasteiger charge is 2.35. The molecule has 0 saturated heterocycles. The summed E-state index contributed by atoms with van der Waals surface area (Å²) in [7, 11) is 0. The Kier molecular flexibility index (Phi) is 3.87. The van der Waals surface area contributed by atoms with Crippen LogP contribution in [-0.4, -0.2) is 32.0 Å². The second-order valence-electron chi connectivity index (χ2n) is 6.78. The lowest BCUT2D eigenvalue weighted by molar-refractivity contribution is -0.118. The minimum Gasteiger partial charge on any atom is -0.308 e. The van der Waals surface area contributed by atoms with Gasteiger partial charge in [0.2, 0.25) is 5.91 Å². The summed E-state index contributed by atoms with van der Waals surface area (Å²) in [4.78, 5) is 15.0. The molecule has 0 N–H and O–H groups in total. The number of thioether (sulfide) groups is 1. The van der Waals surface area contributed by atoms with Gasteiger partial charge in [-0.1, -0.05) is 30.0 Å². The van der Waals surface area contributed by atoms with Gasteiger partial charge in [-0.2, -0.15) is 0 Å². The Labute approximate surface area is 146 Å². The predicted molar refractivity (Wildman–Crippen MR) is 95.4 cm³/mol. The van der Waals surface area contributed by atoms with Crippen LogP contribution >= 0.6 is 11.8 Å². The molecule has 1 aliphatic heterocycles. The highest BCUT2D eigenvalue weighted by atomic mass is 32.2. The Bertz CT molecular complexity index is 783. The maximum Gasteiger partial charge on any atom is 0.240 e. The molecule has 2 aromatic rings. The smallest absolute Gasteiger partial charge is 0.240 e. The number of rotatable bonds is 4. The molecule has 1 fully saturated rings. The minimum absolute atomic E-state index is 0.153. The fraction of sp³-hybridized carbons (Fsp3) is 0.500. The number of carbonyl (C=O) groups is 1. The number of hydrogen-bond donors (Lipinski definition) is 0. The molecule has 1 aromatic heterocycles. The Morgan fingerprint density at radius 3 is 2.79 bits per heavy atom. The van der Waals surface area contributed by atoms with Gasteiger partial charge in [0.05, 0.1) is 5.25 Å². The van der Waals surface area contributed by atoms with Crippen LogP contribution in [0.4, 0.5) is 5.69 Å². The summed E-state index contributed by atoms with van der Waals surface area (Å²) in [5.74, 6) is 1.10. The van der Waals surface area contributed by atoms with Crippen molar-refractivity contribution in [3.05, 3.63) is 35.7 Å². The molecular weight excluding hydrogens is 320 g/mol. The average molecular weight is 342 g/mol. The quantitative estimate of drug-likeness (QED) is 0.799. The van der Waals surface area contributed by atoms with E-state index < -0.39 is 0 Å². The third-order valence-corrected chi connectivity index (χ3v) is 5.87. The number of fused-ring (bicyclic) bond motifs is 1. The van der Waals surface area contributed by atoms with Crippen LogP contribution in [0, 0.1) is 6.92 Å². The van der Waals surface area contributed by atoms with E-state index in [1.165, 1.54) is 30.2 Å². The first-order valence-corrected chi connectivity index (χ1v) is 9.43. The van der Waals surface area contributed by atoms with Crippen molar-refractivity contribution in [1.82, 2.24) is 14.8 Å². The molecule has 126 valence electrons. The number of hydrogen-bond acceptors (Lipinski definition) is 4. The van der Waals surface area contributed by atoms with Crippen molar-refractivity contribution >= 4 is 23.4 Å². The molecule has 1 saturated carbocycles. The molecule has 0 spiro atoms. The predicted octanol–water partition coefficient (Wildman–Crippen LogP) is 3.38.